The lowest BCUT2D eigenvalue weighted by Gasteiger charge is -2.21. The molecule has 0 fully saturated rings. The van der Waals surface area contributed by atoms with Crippen molar-refractivity contribution in [1.82, 2.24) is 0 Å². The summed E-state index contributed by atoms with van der Waals surface area (Å²) in [5.41, 5.74) is 3.48. The molecule has 8 heteroatoms. The van der Waals surface area contributed by atoms with Crippen LogP contribution in [0.2, 0.25) is 0 Å². The number of benzene rings is 1. The molecule has 0 aliphatic rings. The summed E-state index contributed by atoms with van der Waals surface area (Å²) in [6.45, 7) is 0. The maximum absolute atomic E-state index is 12.7. The molecule has 0 heterocycles. The third kappa shape index (κ3) is 3.83. The summed E-state index contributed by atoms with van der Waals surface area (Å²) in [4.78, 5) is 10.4. The number of nitrogens with two attached hydrogens (primary N) is 1. The highest BCUT2D eigenvalue weighted by Gasteiger charge is 2.36. The lowest BCUT2D eigenvalue weighted by atomic mass is 9.96. The second-order valence-corrected chi connectivity index (χ2v) is 3.95. The zero-order valence-corrected chi connectivity index (χ0v) is 9.55. The zero-order valence-electron chi connectivity index (χ0n) is 9.55. The number of rotatable bonds is 4. The minimum atomic E-state index is -4.74. The van der Waals surface area contributed by atoms with Gasteiger partial charge in [-0.25, -0.2) is 0 Å². The summed E-state index contributed by atoms with van der Waals surface area (Å²) in [6.07, 6.45) is -9.48. The molecule has 5 nitrogen and oxygen atoms in total. The number of aliphatic hydroxyl groups is 2. The molecule has 0 aliphatic heterocycles. The highest BCUT2D eigenvalue weighted by atomic mass is 19.4. The summed E-state index contributed by atoms with van der Waals surface area (Å²) in [6, 6.07) is 2.53. The highest BCUT2D eigenvalue weighted by molar-refractivity contribution is 5.67. The standard InChI is InChI=1S/C11H12F3NO4/c12-11(13,14)7-2-1-5(15)3-6(7)10(19)8(16)4-9(17)18/h1-3,8,10,16,19H,4,15H2,(H,17,18). The third-order valence-electron chi connectivity index (χ3n) is 2.45. The summed E-state index contributed by atoms with van der Waals surface area (Å²) < 4.78 is 38.1. The normalized spacial score (nSPS) is 15.0. The average molecular weight is 279 g/mol. The molecular weight excluding hydrogens is 267 g/mol. The number of hydrogen-bond donors (Lipinski definition) is 4. The average Bonchev–Trinajstić information content (AvgIpc) is 2.25. The fourth-order valence-corrected chi connectivity index (χ4v) is 1.58. The minimum Gasteiger partial charge on any atom is -0.481 e. The maximum atomic E-state index is 12.7. The van der Waals surface area contributed by atoms with Crippen LogP contribution in [-0.4, -0.2) is 27.4 Å². The number of aliphatic carboxylic acids is 1. The SMILES string of the molecule is Nc1ccc(C(F)(F)F)c(C(O)C(O)CC(=O)O)c1. The van der Waals surface area contributed by atoms with Crippen LogP contribution in [0, 0.1) is 0 Å². The molecule has 19 heavy (non-hydrogen) atoms. The van der Waals surface area contributed by atoms with E-state index in [-0.39, 0.29) is 5.69 Å². The molecule has 106 valence electrons. The molecule has 0 radical (unpaired) electrons. The van der Waals surface area contributed by atoms with Crippen molar-refractivity contribution in [2.45, 2.75) is 24.8 Å². The van der Waals surface area contributed by atoms with Crippen molar-refractivity contribution in [1.29, 1.82) is 0 Å². The van der Waals surface area contributed by atoms with Gasteiger partial charge in [0.1, 0.15) is 6.10 Å². The van der Waals surface area contributed by atoms with E-state index in [2.05, 4.69) is 0 Å². The first kappa shape index (κ1) is 15.3. The number of nitrogen functional groups attached to an aromatic ring is 1. The maximum Gasteiger partial charge on any atom is 0.416 e. The van der Waals surface area contributed by atoms with E-state index in [1.54, 1.807) is 0 Å². The first-order valence-corrected chi connectivity index (χ1v) is 5.17. The molecule has 0 aliphatic carbocycles. The van der Waals surface area contributed by atoms with Crippen molar-refractivity contribution in [2.75, 3.05) is 5.73 Å². The summed E-state index contributed by atoms with van der Waals surface area (Å²) in [5, 5.41) is 27.5. The van der Waals surface area contributed by atoms with Crippen LogP contribution in [0.25, 0.3) is 0 Å². The van der Waals surface area contributed by atoms with Gasteiger partial charge in [0, 0.05) is 5.69 Å². The fourth-order valence-electron chi connectivity index (χ4n) is 1.58. The van der Waals surface area contributed by atoms with Crippen LogP contribution in [0.15, 0.2) is 18.2 Å². The number of carboxylic acid groups (broad SMARTS) is 1. The van der Waals surface area contributed by atoms with E-state index in [0.29, 0.717) is 6.07 Å². The Bertz CT molecular complexity index is 475. The molecule has 0 spiro atoms. The first-order chi connectivity index (χ1) is 8.62. The molecule has 0 saturated carbocycles. The highest BCUT2D eigenvalue weighted by Crippen LogP contribution is 2.36. The van der Waals surface area contributed by atoms with Gasteiger partial charge >= 0.3 is 12.1 Å². The Morgan fingerprint density at radius 2 is 1.89 bits per heavy atom. The van der Waals surface area contributed by atoms with Crippen molar-refractivity contribution in [2.24, 2.45) is 0 Å². The van der Waals surface area contributed by atoms with Crippen LogP contribution in [0.4, 0.5) is 18.9 Å². The van der Waals surface area contributed by atoms with Gasteiger partial charge in [-0.3, -0.25) is 4.79 Å². The molecule has 0 aromatic heterocycles. The quantitative estimate of drug-likeness (QED) is 0.619. The fraction of sp³-hybridized carbons (Fsp3) is 0.364. The van der Waals surface area contributed by atoms with Gasteiger partial charge < -0.3 is 21.1 Å². The predicted molar refractivity (Wildman–Crippen MR) is 59.1 cm³/mol. The van der Waals surface area contributed by atoms with Gasteiger partial charge in [-0.2, -0.15) is 13.2 Å². The lowest BCUT2D eigenvalue weighted by molar-refractivity contribution is -0.142. The Morgan fingerprint density at radius 1 is 1.32 bits per heavy atom. The van der Waals surface area contributed by atoms with Gasteiger partial charge in [0.2, 0.25) is 0 Å². The molecule has 0 amide bonds. The Hall–Kier alpha value is -1.80. The summed E-state index contributed by atoms with van der Waals surface area (Å²) in [5.74, 6) is -1.44. The van der Waals surface area contributed by atoms with Crippen molar-refractivity contribution in [3.05, 3.63) is 29.3 Å². The molecule has 0 bridgehead atoms. The molecule has 0 saturated heterocycles. The minimum absolute atomic E-state index is 0.0374. The van der Waals surface area contributed by atoms with Crippen molar-refractivity contribution in [3.63, 3.8) is 0 Å². The topological polar surface area (TPSA) is 104 Å². The number of hydrogen-bond acceptors (Lipinski definition) is 4. The molecule has 2 atom stereocenters. The predicted octanol–water partition coefficient (Wildman–Crippen LogP) is 1.16. The number of carboxylic acids is 1. The van der Waals surface area contributed by atoms with Crippen LogP contribution in [0.1, 0.15) is 23.7 Å². The van der Waals surface area contributed by atoms with E-state index in [0.717, 1.165) is 12.1 Å². The second kappa shape index (κ2) is 5.45. The summed E-state index contributed by atoms with van der Waals surface area (Å²) >= 11 is 0. The second-order valence-electron chi connectivity index (χ2n) is 3.95. The molecule has 1 rings (SSSR count). The first-order valence-electron chi connectivity index (χ1n) is 5.17. The van der Waals surface area contributed by atoms with E-state index >= 15 is 0 Å². The van der Waals surface area contributed by atoms with Gasteiger partial charge in [0.15, 0.2) is 0 Å². The van der Waals surface area contributed by atoms with Gasteiger partial charge in [0.25, 0.3) is 0 Å². The van der Waals surface area contributed by atoms with E-state index in [9.17, 15) is 28.2 Å². The lowest BCUT2D eigenvalue weighted by Crippen LogP contribution is -2.24. The van der Waals surface area contributed by atoms with Crippen molar-refractivity contribution >= 4 is 11.7 Å². The summed E-state index contributed by atoms with van der Waals surface area (Å²) in [7, 11) is 0. The van der Waals surface area contributed by atoms with Gasteiger partial charge in [-0.15, -0.1) is 0 Å². The van der Waals surface area contributed by atoms with Gasteiger partial charge in [-0.1, -0.05) is 0 Å². The molecule has 1 aromatic rings. The van der Waals surface area contributed by atoms with Crippen molar-refractivity contribution < 1.29 is 33.3 Å². The monoisotopic (exact) mass is 279 g/mol. The van der Waals surface area contributed by atoms with E-state index < -0.39 is 41.9 Å². The van der Waals surface area contributed by atoms with Crippen LogP contribution < -0.4 is 5.73 Å². The number of alkyl halides is 3. The van der Waals surface area contributed by atoms with Crippen LogP contribution >= 0.6 is 0 Å². The van der Waals surface area contributed by atoms with Gasteiger partial charge in [-0.05, 0) is 23.8 Å². The van der Waals surface area contributed by atoms with Crippen LogP contribution in [-0.2, 0) is 11.0 Å². The third-order valence-corrected chi connectivity index (χ3v) is 2.45. The van der Waals surface area contributed by atoms with E-state index in [1.165, 1.54) is 0 Å². The number of halogens is 3. The molecule has 5 N–H and O–H groups in total. The Morgan fingerprint density at radius 3 is 2.37 bits per heavy atom. The van der Waals surface area contributed by atoms with E-state index in [1.807, 2.05) is 0 Å². The Kier molecular flexibility index (Phi) is 4.38. The van der Waals surface area contributed by atoms with Crippen LogP contribution in [0.3, 0.4) is 0 Å². The zero-order chi connectivity index (χ0) is 14.8. The largest absolute Gasteiger partial charge is 0.481 e. The number of anilines is 1. The Labute approximate surface area is 106 Å². The molecule has 1 aromatic carbocycles. The molecule has 2 unspecified atom stereocenters. The van der Waals surface area contributed by atoms with Crippen molar-refractivity contribution in [3.8, 4) is 0 Å². The smallest absolute Gasteiger partial charge is 0.416 e. The Balaban J connectivity index is 3.17. The van der Waals surface area contributed by atoms with Crippen LogP contribution in [0.5, 0.6) is 0 Å². The molecular formula is C11H12F3NO4. The number of carbonyl (C=O) groups is 1. The van der Waals surface area contributed by atoms with Gasteiger partial charge in [0.05, 0.1) is 18.1 Å². The van der Waals surface area contributed by atoms with E-state index in [4.69, 9.17) is 10.8 Å². The number of aliphatic hydroxyl groups excluding tert-OH is 2.